The number of hydrogen-bond donors (Lipinski definition) is 1. The standard InChI is InChI=1S/C22H28F2N8O2/c1-2-22(23,24)14-29-8-10-30(11-9-29)20(33)15-5-3-7-31(15)17-13-18-26-19(16-6-4-12-34-16)28-32(18)21(25)27-17/h4,6,12-13,15H,2-3,5,7-11,14H2,1H3,(H2,25,27)/t15-/m0/s1. The zero-order chi connectivity index (χ0) is 23.9. The molecule has 2 fully saturated rings. The summed E-state index contributed by atoms with van der Waals surface area (Å²) in [5, 5.41) is 4.36. The van der Waals surface area contributed by atoms with Gasteiger partial charge in [0.1, 0.15) is 11.9 Å². The third kappa shape index (κ3) is 4.29. The molecule has 2 aliphatic heterocycles. The zero-order valence-corrected chi connectivity index (χ0v) is 19.0. The Balaban J connectivity index is 1.31. The number of halogens is 2. The molecule has 0 saturated carbocycles. The molecule has 182 valence electrons. The van der Waals surface area contributed by atoms with Gasteiger partial charge in [0.25, 0.3) is 5.92 Å². The molecule has 0 bridgehead atoms. The number of hydrogen-bond acceptors (Lipinski definition) is 8. The van der Waals surface area contributed by atoms with Crippen LogP contribution >= 0.6 is 0 Å². The lowest BCUT2D eigenvalue weighted by molar-refractivity contribution is -0.134. The van der Waals surface area contributed by atoms with Crippen LogP contribution in [0.25, 0.3) is 17.2 Å². The number of amides is 1. The summed E-state index contributed by atoms with van der Waals surface area (Å²) in [6.07, 6.45) is 2.91. The van der Waals surface area contributed by atoms with E-state index in [-0.39, 0.29) is 30.9 Å². The van der Waals surface area contributed by atoms with E-state index in [1.165, 1.54) is 11.4 Å². The molecule has 0 spiro atoms. The van der Waals surface area contributed by atoms with Gasteiger partial charge < -0.3 is 20.0 Å². The fourth-order valence-electron chi connectivity index (χ4n) is 4.63. The van der Waals surface area contributed by atoms with E-state index < -0.39 is 5.92 Å². The van der Waals surface area contributed by atoms with Gasteiger partial charge in [0.15, 0.2) is 11.4 Å². The largest absolute Gasteiger partial charge is 0.461 e. The summed E-state index contributed by atoms with van der Waals surface area (Å²) >= 11 is 0. The Kier molecular flexibility index (Phi) is 5.84. The summed E-state index contributed by atoms with van der Waals surface area (Å²) in [6.45, 7) is 3.66. The number of fused-ring (bicyclic) bond motifs is 1. The third-order valence-corrected chi connectivity index (χ3v) is 6.57. The maximum atomic E-state index is 13.7. The normalized spacial score (nSPS) is 19.9. The number of carbonyl (C=O) groups is 1. The highest BCUT2D eigenvalue weighted by atomic mass is 19.3. The number of piperazine rings is 1. The lowest BCUT2D eigenvalue weighted by Crippen LogP contribution is -2.55. The van der Waals surface area contributed by atoms with Gasteiger partial charge in [0.05, 0.1) is 12.8 Å². The molecule has 2 saturated heterocycles. The van der Waals surface area contributed by atoms with Crippen LogP contribution in [0.3, 0.4) is 0 Å². The molecule has 0 aliphatic carbocycles. The summed E-state index contributed by atoms with van der Waals surface area (Å²) in [6, 6.07) is 4.92. The van der Waals surface area contributed by atoms with Crippen LogP contribution in [0.5, 0.6) is 0 Å². The molecule has 2 N–H and O–H groups in total. The van der Waals surface area contributed by atoms with Gasteiger partial charge in [-0.25, -0.2) is 13.8 Å². The predicted octanol–water partition coefficient (Wildman–Crippen LogP) is 2.12. The highest BCUT2D eigenvalue weighted by molar-refractivity contribution is 5.86. The van der Waals surface area contributed by atoms with E-state index in [4.69, 9.17) is 10.2 Å². The van der Waals surface area contributed by atoms with Crippen molar-refractivity contribution in [3.63, 3.8) is 0 Å². The average molecular weight is 475 g/mol. The number of nitrogen functional groups attached to an aromatic ring is 1. The van der Waals surface area contributed by atoms with Crippen molar-refractivity contribution in [2.24, 2.45) is 0 Å². The van der Waals surface area contributed by atoms with Crippen LogP contribution < -0.4 is 10.6 Å². The first-order valence-corrected chi connectivity index (χ1v) is 11.6. The fourth-order valence-corrected chi connectivity index (χ4v) is 4.63. The number of nitrogens with two attached hydrogens (primary N) is 1. The zero-order valence-electron chi connectivity index (χ0n) is 19.0. The Morgan fingerprint density at radius 2 is 2.03 bits per heavy atom. The summed E-state index contributed by atoms with van der Waals surface area (Å²) in [5.74, 6) is -1.04. The summed E-state index contributed by atoms with van der Waals surface area (Å²) in [4.78, 5) is 27.8. The number of nitrogens with zero attached hydrogens (tertiary/aromatic N) is 7. The SMILES string of the molecule is CCC(F)(F)CN1CCN(C(=O)[C@@H]2CCCN2c2cc3nc(-c4ccco4)nn3c(N)n2)CC1. The highest BCUT2D eigenvalue weighted by Crippen LogP contribution is 2.28. The molecular formula is C22H28F2N8O2. The molecule has 34 heavy (non-hydrogen) atoms. The summed E-state index contributed by atoms with van der Waals surface area (Å²) < 4.78 is 34.3. The molecular weight excluding hydrogens is 446 g/mol. The maximum absolute atomic E-state index is 13.7. The van der Waals surface area contributed by atoms with Crippen LogP contribution in [0.15, 0.2) is 28.9 Å². The monoisotopic (exact) mass is 474 g/mol. The second kappa shape index (κ2) is 8.82. The van der Waals surface area contributed by atoms with Crippen molar-refractivity contribution < 1.29 is 18.0 Å². The highest BCUT2D eigenvalue weighted by Gasteiger charge is 2.37. The Labute approximate surface area is 195 Å². The second-order valence-electron chi connectivity index (χ2n) is 8.82. The van der Waals surface area contributed by atoms with E-state index in [1.807, 2.05) is 4.90 Å². The first kappa shape index (κ1) is 22.5. The van der Waals surface area contributed by atoms with E-state index in [0.717, 1.165) is 6.42 Å². The fraction of sp³-hybridized carbons (Fsp3) is 0.545. The van der Waals surface area contributed by atoms with Crippen molar-refractivity contribution in [1.29, 1.82) is 0 Å². The number of carbonyl (C=O) groups excluding carboxylic acids is 1. The van der Waals surface area contributed by atoms with Gasteiger partial charge >= 0.3 is 0 Å². The molecule has 5 rings (SSSR count). The van der Waals surface area contributed by atoms with Crippen LogP contribution in [0.4, 0.5) is 20.5 Å². The number of anilines is 2. The van der Waals surface area contributed by atoms with E-state index in [1.54, 1.807) is 34.3 Å². The molecule has 0 unspecified atom stereocenters. The van der Waals surface area contributed by atoms with Gasteiger partial charge in [-0.05, 0) is 25.0 Å². The van der Waals surface area contributed by atoms with Crippen molar-refractivity contribution in [2.45, 2.75) is 38.2 Å². The summed E-state index contributed by atoms with van der Waals surface area (Å²) in [5.41, 5.74) is 6.67. The Morgan fingerprint density at radius 1 is 1.24 bits per heavy atom. The van der Waals surface area contributed by atoms with Crippen molar-refractivity contribution in [1.82, 2.24) is 29.4 Å². The Hall–Kier alpha value is -3.28. The molecule has 2 aliphatic rings. The van der Waals surface area contributed by atoms with Crippen LogP contribution in [-0.4, -0.2) is 86.5 Å². The molecule has 3 aromatic rings. The molecule has 0 radical (unpaired) electrons. The predicted molar refractivity (Wildman–Crippen MR) is 122 cm³/mol. The van der Waals surface area contributed by atoms with E-state index >= 15 is 0 Å². The number of aromatic nitrogens is 4. The van der Waals surface area contributed by atoms with Crippen LogP contribution in [0.2, 0.25) is 0 Å². The minimum absolute atomic E-state index is 0.00242. The Bertz CT molecular complexity index is 1160. The molecule has 12 heteroatoms. The summed E-state index contributed by atoms with van der Waals surface area (Å²) in [7, 11) is 0. The van der Waals surface area contributed by atoms with Crippen LogP contribution in [-0.2, 0) is 4.79 Å². The van der Waals surface area contributed by atoms with Gasteiger partial charge in [-0.3, -0.25) is 9.69 Å². The third-order valence-electron chi connectivity index (χ3n) is 6.57. The van der Waals surface area contributed by atoms with Crippen molar-refractivity contribution >= 4 is 23.3 Å². The molecule has 10 nitrogen and oxygen atoms in total. The van der Waals surface area contributed by atoms with Gasteiger partial charge in [-0.15, -0.1) is 5.10 Å². The first-order chi connectivity index (χ1) is 16.3. The van der Waals surface area contributed by atoms with Crippen molar-refractivity contribution in [2.75, 3.05) is 49.9 Å². The van der Waals surface area contributed by atoms with Crippen LogP contribution in [0.1, 0.15) is 26.2 Å². The smallest absolute Gasteiger partial charge is 0.260 e. The number of rotatable bonds is 6. The van der Waals surface area contributed by atoms with E-state index in [2.05, 4.69) is 15.1 Å². The molecule has 0 aromatic carbocycles. The lowest BCUT2D eigenvalue weighted by Gasteiger charge is -2.38. The van der Waals surface area contributed by atoms with Crippen LogP contribution in [0, 0.1) is 0 Å². The molecule has 1 amide bonds. The minimum atomic E-state index is -2.70. The second-order valence-corrected chi connectivity index (χ2v) is 8.82. The quantitative estimate of drug-likeness (QED) is 0.579. The molecule has 1 atom stereocenters. The minimum Gasteiger partial charge on any atom is -0.461 e. The lowest BCUT2D eigenvalue weighted by atomic mass is 10.1. The van der Waals surface area contributed by atoms with Crippen molar-refractivity contribution in [3.8, 4) is 11.6 Å². The molecule has 5 heterocycles. The van der Waals surface area contributed by atoms with E-state index in [9.17, 15) is 13.6 Å². The number of alkyl halides is 2. The average Bonchev–Trinajstić information content (AvgIpc) is 3.59. The topological polar surface area (TPSA) is 109 Å². The Morgan fingerprint density at radius 3 is 2.74 bits per heavy atom. The van der Waals surface area contributed by atoms with Gasteiger partial charge in [0.2, 0.25) is 17.7 Å². The van der Waals surface area contributed by atoms with Gasteiger partial charge in [-0.2, -0.15) is 9.50 Å². The molecule has 3 aromatic heterocycles. The maximum Gasteiger partial charge on any atom is 0.260 e. The van der Waals surface area contributed by atoms with Gasteiger partial charge in [0, 0.05) is 45.2 Å². The van der Waals surface area contributed by atoms with Gasteiger partial charge in [-0.1, -0.05) is 6.92 Å². The van der Waals surface area contributed by atoms with E-state index in [0.29, 0.717) is 62.2 Å². The first-order valence-electron chi connectivity index (χ1n) is 11.6. The van der Waals surface area contributed by atoms with Crippen molar-refractivity contribution in [3.05, 3.63) is 24.5 Å². The number of furan rings is 1.